The number of carbonyl (C=O) groups is 1. The Bertz CT molecular complexity index is 552. The number of hydrogen-bond donors (Lipinski definition) is 0. The van der Waals surface area contributed by atoms with E-state index in [-0.39, 0.29) is 5.91 Å². The van der Waals surface area contributed by atoms with Crippen LogP contribution in [0.15, 0.2) is 0 Å². The van der Waals surface area contributed by atoms with Crippen molar-refractivity contribution in [2.45, 2.75) is 65.5 Å². The first-order valence-electron chi connectivity index (χ1n) is 9.19. The zero-order valence-corrected chi connectivity index (χ0v) is 14.8. The van der Waals surface area contributed by atoms with Crippen LogP contribution in [0, 0.1) is 13.8 Å². The zero-order valence-electron chi connectivity index (χ0n) is 14.8. The molecule has 3 rings (SSSR count). The van der Waals surface area contributed by atoms with Gasteiger partial charge in [0.05, 0.1) is 11.3 Å². The predicted molar refractivity (Wildman–Crippen MR) is 91.7 cm³/mol. The van der Waals surface area contributed by atoms with Crippen molar-refractivity contribution in [3.63, 3.8) is 0 Å². The molecule has 2 fully saturated rings. The van der Waals surface area contributed by atoms with Crippen LogP contribution in [0.4, 0.5) is 0 Å². The Labute approximate surface area is 139 Å². The number of aryl methyl sites for hydroxylation is 2. The Hall–Kier alpha value is -1.36. The Kier molecular flexibility index (Phi) is 5.05. The van der Waals surface area contributed by atoms with Crippen LogP contribution < -0.4 is 0 Å². The molecule has 0 bridgehead atoms. The molecule has 0 N–H and O–H groups in total. The van der Waals surface area contributed by atoms with Gasteiger partial charge in [-0.05, 0) is 59.5 Å². The van der Waals surface area contributed by atoms with Gasteiger partial charge in [-0.15, -0.1) is 0 Å². The second kappa shape index (κ2) is 7.04. The van der Waals surface area contributed by atoms with E-state index < -0.39 is 0 Å². The van der Waals surface area contributed by atoms with Crippen LogP contribution in [0.25, 0.3) is 0 Å². The molecule has 0 saturated carbocycles. The van der Waals surface area contributed by atoms with Gasteiger partial charge >= 0.3 is 0 Å². The van der Waals surface area contributed by atoms with Gasteiger partial charge in [-0.25, -0.2) is 0 Å². The largest absolute Gasteiger partial charge is 0.338 e. The molecule has 5 heteroatoms. The Morgan fingerprint density at radius 2 is 1.74 bits per heavy atom. The molecule has 1 aromatic heterocycles. The average molecular weight is 318 g/mol. The fourth-order valence-electron chi connectivity index (χ4n) is 4.19. The summed E-state index contributed by atoms with van der Waals surface area (Å²) in [6.45, 7) is 11.1. The van der Waals surface area contributed by atoms with Crippen molar-refractivity contribution in [3.05, 3.63) is 17.0 Å². The van der Waals surface area contributed by atoms with Gasteiger partial charge in [0.2, 0.25) is 0 Å². The summed E-state index contributed by atoms with van der Waals surface area (Å²) in [6, 6.07) is 0.680. The molecule has 3 heterocycles. The summed E-state index contributed by atoms with van der Waals surface area (Å²) in [5.74, 6) is 0.178. The summed E-state index contributed by atoms with van der Waals surface area (Å²) in [7, 11) is 0. The molecule has 2 aliphatic heterocycles. The summed E-state index contributed by atoms with van der Waals surface area (Å²) in [4.78, 5) is 17.6. The van der Waals surface area contributed by atoms with Crippen molar-refractivity contribution in [2.24, 2.45) is 0 Å². The van der Waals surface area contributed by atoms with Crippen LogP contribution in [-0.2, 0) is 6.54 Å². The van der Waals surface area contributed by atoms with Gasteiger partial charge in [0, 0.05) is 31.4 Å². The van der Waals surface area contributed by atoms with Gasteiger partial charge in [0.1, 0.15) is 0 Å². The third-order valence-electron chi connectivity index (χ3n) is 5.55. The van der Waals surface area contributed by atoms with E-state index in [1.165, 1.54) is 32.4 Å². The zero-order chi connectivity index (χ0) is 16.4. The smallest absolute Gasteiger partial charge is 0.257 e. The highest BCUT2D eigenvalue weighted by Crippen LogP contribution is 2.23. The maximum atomic E-state index is 12.9. The van der Waals surface area contributed by atoms with Gasteiger partial charge in [-0.2, -0.15) is 5.10 Å². The summed E-state index contributed by atoms with van der Waals surface area (Å²) in [5, 5.41) is 4.49. The fraction of sp³-hybridized carbons (Fsp3) is 0.778. The molecular formula is C18H30N4O. The molecule has 0 aromatic carbocycles. The maximum absolute atomic E-state index is 12.9. The summed E-state index contributed by atoms with van der Waals surface area (Å²) in [6.07, 6.45) is 6.30. The van der Waals surface area contributed by atoms with Crippen LogP contribution in [0.3, 0.4) is 0 Å². The molecular weight excluding hydrogens is 288 g/mol. The first-order valence-corrected chi connectivity index (χ1v) is 9.19. The molecule has 5 nitrogen and oxygen atoms in total. The minimum absolute atomic E-state index is 0.178. The van der Waals surface area contributed by atoms with Gasteiger partial charge in [-0.1, -0.05) is 6.42 Å². The Morgan fingerprint density at radius 3 is 2.30 bits per heavy atom. The molecule has 2 aliphatic rings. The van der Waals surface area contributed by atoms with Crippen LogP contribution in [0.5, 0.6) is 0 Å². The van der Waals surface area contributed by atoms with Gasteiger partial charge in [0.25, 0.3) is 5.91 Å². The van der Waals surface area contributed by atoms with Gasteiger partial charge < -0.3 is 9.80 Å². The number of nitrogens with zero attached hydrogens (tertiary/aromatic N) is 4. The first-order chi connectivity index (χ1) is 11.1. The molecule has 0 unspecified atom stereocenters. The van der Waals surface area contributed by atoms with Crippen molar-refractivity contribution in [1.29, 1.82) is 0 Å². The molecule has 0 radical (unpaired) electrons. The Morgan fingerprint density at radius 1 is 1.09 bits per heavy atom. The monoisotopic (exact) mass is 318 g/mol. The number of hydrogen-bond acceptors (Lipinski definition) is 3. The first kappa shape index (κ1) is 16.5. The van der Waals surface area contributed by atoms with Gasteiger partial charge in [0.15, 0.2) is 0 Å². The molecule has 0 atom stereocenters. The van der Waals surface area contributed by atoms with E-state index in [4.69, 9.17) is 0 Å². The Balaban J connectivity index is 1.63. The van der Waals surface area contributed by atoms with Crippen molar-refractivity contribution >= 4 is 5.91 Å². The van der Waals surface area contributed by atoms with E-state index >= 15 is 0 Å². The minimum atomic E-state index is 0.178. The molecule has 1 amide bonds. The van der Waals surface area contributed by atoms with E-state index in [2.05, 4.69) is 16.9 Å². The third kappa shape index (κ3) is 3.30. The second-order valence-electron chi connectivity index (χ2n) is 6.98. The number of piperidine rings is 2. The van der Waals surface area contributed by atoms with Crippen LogP contribution >= 0.6 is 0 Å². The van der Waals surface area contributed by atoms with E-state index in [0.717, 1.165) is 49.4 Å². The topological polar surface area (TPSA) is 41.4 Å². The number of carbonyl (C=O) groups excluding carboxylic acids is 1. The second-order valence-corrected chi connectivity index (χ2v) is 6.98. The van der Waals surface area contributed by atoms with Crippen molar-refractivity contribution < 1.29 is 4.79 Å². The maximum Gasteiger partial charge on any atom is 0.257 e. The molecule has 0 aliphatic carbocycles. The lowest BCUT2D eigenvalue weighted by Gasteiger charge is -2.40. The van der Waals surface area contributed by atoms with Crippen LogP contribution in [-0.4, -0.2) is 57.7 Å². The average Bonchev–Trinajstić information content (AvgIpc) is 2.89. The molecule has 128 valence electrons. The number of rotatable bonds is 3. The fourth-order valence-corrected chi connectivity index (χ4v) is 4.19. The standard InChI is InChI=1S/C18H30N4O/c1-4-22-15(3)17(14(2)19-22)18(23)21-12-8-16(9-13-21)20-10-6-5-7-11-20/h16H,4-13H2,1-3H3. The highest BCUT2D eigenvalue weighted by Gasteiger charge is 2.30. The third-order valence-corrected chi connectivity index (χ3v) is 5.55. The van der Waals surface area contributed by atoms with E-state index in [0.29, 0.717) is 6.04 Å². The van der Waals surface area contributed by atoms with E-state index in [1.807, 2.05) is 23.4 Å². The van der Waals surface area contributed by atoms with Crippen LogP contribution in [0.2, 0.25) is 0 Å². The van der Waals surface area contributed by atoms with Crippen molar-refractivity contribution in [3.8, 4) is 0 Å². The van der Waals surface area contributed by atoms with E-state index in [1.54, 1.807) is 0 Å². The summed E-state index contributed by atoms with van der Waals surface area (Å²) >= 11 is 0. The minimum Gasteiger partial charge on any atom is -0.338 e. The molecule has 23 heavy (non-hydrogen) atoms. The predicted octanol–water partition coefficient (Wildman–Crippen LogP) is 2.61. The molecule has 2 saturated heterocycles. The highest BCUT2D eigenvalue weighted by atomic mass is 16.2. The quantitative estimate of drug-likeness (QED) is 0.860. The van der Waals surface area contributed by atoms with E-state index in [9.17, 15) is 4.79 Å². The number of aromatic nitrogens is 2. The number of likely N-dealkylation sites (tertiary alicyclic amines) is 2. The summed E-state index contributed by atoms with van der Waals surface area (Å²) < 4.78 is 1.93. The lowest BCUT2D eigenvalue weighted by atomic mass is 9.99. The van der Waals surface area contributed by atoms with Crippen LogP contribution in [0.1, 0.15) is 60.8 Å². The lowest BCUT2D eigenvalue weighted by molar-refractivity contribution is 0.0588. The van der Waals surface area contributed by atoms with Gasteiger partial charge in [-0.3, -0.25) is 9.48 Å². The SMILES string of the molecule is CCn1nc(C)c(C(=O)N2CCC(N3CCCCC3)CC2)c1C. The van der Waals surface area contributed by atoms with Crippen molar-refractivity contribution in [1.82, 2.24) is 19.6 Å². The lowest BCUT2D eigenvalue weighted by Crippen LogP contribution is -2.48. The highest BCUT2D eigenvalue weighted by molar-refractivity contribution is 5.96. The molecule has 1 aromatic rings. The normalized spacial score (nSPS) is 20.9. The van der Waals surface area contributed by atoms with Crippen molar-refractivity contribution in [2.75, 3.05) is 26.2 Å². The summed E-state index contributed by atoms with van der Waals surface area (Å²) in [5.41, 5.74) is 2.70. The molecule has 0 spiro atoms. The number of amides is 1.